The average molecular weight is 290 g/mol. The van der Waals surface area contributed by atoms with Crippen LogP contribution in [0.2, 0.25) is 5.02 Å². The van der Waals surface area contributed by atoms with Crippen LogP contribution in [0.25, 0.3) is 0 Å². The molecular formula is C16H20ClN3. The van der Waals surface area contributed by atoms with E-state index in [-0.39, 0.29) is 6.04 Å². The summed E-state index contributed by atoms with van der Waals surface area (Å²) in [6.07, 6.45) is 0. The van der Waals surface area contributed by atoms with E-state index in [1.807, 2.05) is 43.4 Å². The van der Waals surface area contributed by atoms with Gasteiger partial charge in [0.2, 0.25) is 0 Å². The number of benzene rings is 1. The molecule has 0 aliphatic heterocycles. The smallest absolute Gasteiger partial charge is 0.131 e. The van der Waals surface area contributed by atoms with E-state index in [1.54, 1.807) is 0 Å². The second-order valence-corrected chi connectivity index (χ2v) is 5.19. The van der Waals surface area contributed by atoms with Gasteiger partial charge in [-0.15, -0.1) is 0 Å². The van der Waals surface area contributed by atoms with Crippen LogP contribution in [0.4, 0.5) is 11.6 Å². The maximum atomic E-state index is 6.06. The highest BCUT2D eigenvalue weighted by Crippen LogP contribution is 2.26. The van der Waals surface area contributed by atoms with E-state index in [0.29, 0.717) is 0 Å². The predicted molar refractivity (Wildman–Crippen MR) is 86.7 cm³/mol. The monoisotopic (exact) mass is 289 g/mol. The van der Waals surface area contributed by atoms with Crippen molar-refractivity contribution in [1.82, 2.24) is 4.98 Å². The lowest BCUT2D eigenvalue weighted by Gasteiger charge is -2.26. The Morgan fingerprint density at radius 1 is 1.25 bits per heavy atom. The third-order valence-corrected chi connectivity index (χ3v) is 3.60. The number of aromatic nitrogens is 1. The third kappa shape index (κ3) is 3.42. The zero-order valence-electron chi connectivity index (χ0n) is 12.1. The van der Waals surface area contributed by atoms with Gasteiger partial charge >= 0.3 is 0 Å². The van der Waals surface area contributed by atoms with Gasteiger partial charge in [0.25, 0.3) is 0 Å². The minimum Gasteiger partial charge on any atom is -0.370 e. The molecule has 0 aliphatic carbocycles. The maximum absolute atomic E-state index is 6.06. The Bertz CT molecular complexity index is 571. The van der Waals surface area contributed by atoms with Gasteiger partial charge in [-0.2, -0.15) is 0 Å². The molecule has 1 aromatic carbocycles. The van der Waals surface area contributed by atoms with Crippen LogP contribution in [0.3, 0.4) is 0 Å². The SMILES string of the molecule is CCNc1cccc(N(C)C(C)c2cccc(Cl)c2)n1. The van der Waals surface area contributed by atoms with Crippen LogP contribution in [-0.2, 0) is 0 Å². The van der Waals surface area contributed by atoms with Crippen molar-refractivity contribution in [1.29, 1.82) is 0 Å². The predicted octanol–water partition coefficient (Wildman–Crippen LogP) is 4.36. The van der Waals surface area contributed by atoms with Gasteiger partial charge in [0.15, 0.2) is 0 Å². The molecule has 1 unspecified atom stereocenters. The Hall–Kier alpha value is -1.74. The van der Waals surface area contributed by atoms with Crippen molar-refractivity contribution in [3.8, 4) is 0 Å². The topological polar surface area (TPSA) is 28.2 Å². The number of halogens is 1. The number of hydrogen-bond acceptors (Lipinski definition) is 3. The minimum atomic E-state index is 0.207. The van der Waals surface area contributed by atoms with Gasteiger partial charge in [0.05, 0.1) is 6.04 Å². The first-order chi connectivity index (χ1) is 9.61. The molecule has 0 spiro atoms. The van der Waals surface area contributed by atoms with Crippen molar-refractivity contribution in [2.24, 2.45) is 0 Å². The van der Waals surface area contributed by atoms with Crippen LogP contribution in [0.1, 0.15) is 25.5 Å². The molecule has 106 valence electrons. The summed E-state index contributed by atoms with van der Waals surface area (Å²) in [5.74, 6) is 1.84. The Balaban J connectivity index is 2.21. The van der Waals surface area contributed by atoms with Gasteiger partial charge in [0.1, 0.15) is 11.6 Å². The normalized spacial score (nSPS) is 12.0. The van der Waals surface area contributed by atoms with Gasteiger partial charge in [-0.05, 0) is 43.7 Å². The zero-order chi connectivity index (χ0) is 14.5. The molecule has 4 heteroatoms. The van der Waals surface area contributed by atoms with Crippen LogP contribution >= 0.6 is 11.6 Å². The summed E-state index contributed by atoms with van der Waals surface area (Å²) >= 11 is 6.06. The molecule has 1 heterocycles. The number of hydrogen-bond donors (Lipinski definition) is 1. The van der Waals surface area contributed by atoms with E-state index in [9.17, 15) is 0 Å². The van der Waals surface area contributed by atoms with Gasteiger partial charge in [-0.25, -0.2) is 4.98 Å². The molecule has 0 radical (unpaired) electrons. The van der Waals surface area contributed by atoms with Gasteiger partial charge in [-0.3, -0.25) is 0 Å². The van der Waals surface area contributed by atoms with Gasteiger partial charge in [-0.1, -0.05) is 29.8 Å². The molecule has 0 amide bonds. The number of pyridine rings is 1. The lowest BCUT2D eigenvalue weighted by Crippen LogP contribution is -2.22. The van der Waals surface area contributed by atoms with Crippen LogP contribution in [-0.4, -0.2) is 18.6 Å². The highest BCUT2D eigenvalue weighted by Gasteiger charge is 2.13. The largest absolute Gasteiger partial charge is 0.370 e. The summed E-state index contributed by atoms with van der Waals surface area (Å²) < 4.78 is 0. The summed E-state index contributed by atoms with van der Waals surface area (Å²) in [5, 5.41) is 3.99. The van der Waals surface area contributed by atoms with Crippen LogP contribution in [0, 0.1) is 0 Å². The van der Waals surface area contributed by atoms with Crippen molar-refractivity contribution in [3.05, 3.63) is 53.1 Å². The molecule has 0 saturated carbocycles. The second kappa shape index (κ2) is 6.62. The Morgan fingerprint density at radius 3 is 2.70 bits per heavy atom. The van der Waals surface area contributed by atoms with E-state index in [0.717, 1.165) is 23.2 Å². The van der Waals surface area contributed by atoms with E-state index in [4.69, 9.17) is 11.6 Å². The zero-order valence-corrected chi connectivity index (χ0v) is 12.9. The molecule has 0 bridgehead atoms. The first-order valence-corrected chi connectivity index (χ1v) is 7.19. The Kier molecular flexibility index (Phi) is 4.85. The molecule has 3 nitrogen and oxygen atoms in total. The van der Waals surface area contributed by atoms with Crippen LogP contribution in [0.5, 0.6) is 0 Å². The molecular weight excluding hydrogens is 270 g/mol. The molecule has 0 fully saturated rings. The Morgan fingerprint density at radius 2 is 2.00 bits per heavy atom. The van der Waals surface area contributed by atoms with Crippen molar-refractivity contribution >= 4 is 23.2 Å². The van der Waals surface area contributed by atoms with Gasteiger partial charge in [0, 0.05) is 18.6 Å². The molecule has 1 aromatic heterocycles. The summed E-state index contributed by atoms with van der Waals surface area (Å²) in [4.78, 5) is 6.76. The number of anilines is 2. The maximum Gasteiger partial charge on any atom is 0.131 e. The number of nitrogens with zero attached hydrogens (tertiary/aromatic N) is 2. The average Bonchev–Trinajstić information content (AvgIpc) is 2.46. The fraction of sp³-hybridized carbons (Fsp3) is 0.312. The number of nitrogens with one attached hydrogen (secondary N) is 1. The van der Waals surface area contributed by atoms with E-state index in [1.165, 1.54) is 5.56 Å². The highest BCUT2D eigenvalue weighted by atomic mass is 35.5. The van der Waals surface area contributed by atoms with Crippen molar-refractivity contribution in [2.75, 3.05) is 23.8 Å². The highest BCUT2D eigenvalue weighted by molar-refractivity contribution is 6.30. The number of rotatable bonds is 5. The summed E-state index contributed by atoms with van der Waals surface area (Å²) in [7, 11) is 2.05. The standard InChI is InChI=1S/C16H20ClN3/c1-4-18-15-9-6-10-16(19-15)20(3)12(2)13-7-5-8-14(17)11-13/h5-12H,4H2,1-3H3,(H,18,19). The Labute approximate surface area is 125 Å². The van der Waals surface area contributed by atoms with Crippen LogP contribution in [0.15, 0.2) is 42.5 Å². The van der Waals surface area contributed by atoms with E-state index < -0.39 is 0 Å². The molecule has 0 aliphatic rings. The lowest BCUT2D eigenvalue weighted by atomic mass is 10.1. The second-order valence-electron chi connectivity index (χ2n) is 4.75. The third-order valence-electron chi connectivity index (χ3n) is 3.37. The molecule has 0 saturated heterocycles. The van der Waals surface area contributed by atoms with Crippen molar-refractivity contribution in [3.63, 3.8) is 0 Å². The van der Waals surface area contributed by atoms with E-state index in [2.05, 4.69) is 35.1 Å². The molecule has 1 N–H and O–H groups in total. The fourth-order valence-electron chi connectivity index (χ4n) is 2.09. The molecule has 1 atom stereocenters. The minimum absolute atomic E-state index is 0.207. The first kappa shape index (κ1) is 14.7. The quantitative estimate of drug-likeness (QED) is 0.886. The molecule has 2 aromatic rings. The van der Waals surface area contributed by atoms with E-state index >= 15 is 0 Å². The van der Waals surface area contributed by atoms with Crippen LogP contribution < -0.4 is 10.2 Å². The fourth-order valence-corrected chi connectivity index (χ4v) is 2.29. The van der Waals surface area contributed by atoms with Gasteiger partial charge < -0.3 is 10.2 Å². The summed E-state index contributed by atoms with van der Waals surface area (Å²) in [5.41, 5.74) is 1.18. The van der Waals surface area contributed by atoms with Crippen molar-refractivity contribution in [2.45, 2.75) is 19.9 Å². The first-order valence-electron chi connectivity index (χ1n) is 6.81. The lowest BCUT2D eigenvalue weighted by molar-refractivity contribution is 0.729. The van der Waals surface area contributed by atoms with Crippen molar-refractivity contribution < 1.29 is 0 Å². The summed E-state index contributed by atoms with van der Waals surface area (Å²) in [6.45, 7) is 5.07. The molecule has 20 heavy (non-hydrogen) atoms. The summed E-state index contributed by atoms with van der Waals surface area (Å²) in [6, 6.07) is 14.2. The molecule has 2 rings (SSSR count).